The van der Waals surface area contributed by atoms with Crippen LogP contribution in [0.5, 0.6) is 0 Å². The summed E-state index contributed by atoms with van der Waals surface area (Å²) in [6, 6.07) is 0. The summed E-state index contributed by atoms with van der Waals surface area (Å²) in [6.45, 7) is 4.21. The topological polar surface area (TPSA) is 60.7 Å². The Morgan fingerprint density at radius 1 is 1.14 bits per heavy atom. The number of thiocarbonyl (C=S) groups is 1. The second-order valence-corrected chi connectivity index (χ2v) is 4.28. The monoisotopic (exact) mass is 220 g/mol. The highest BCUT2D eigenvalue weighted by atomic mass is 32.1. The molecule has 0 aromatic carbocycles. The van der Waals surface area contributed by atoms with Crippen molar-refractivity contribution < 1.29 is 15.3 Å². The molecule has 14 heavy (non-hydrogen) atoms. The van der Waals surface area contributed by atoms with Crippen molar-refractivity contribution in [2.24, 2.45) is 5.92 Å². The van der Waals surface area contributed by atoms with Crippen molar-refractivity contribution in [3.63, 3.8) is 0 Å². The molecule has 0 spiro atoms. The van der Waals surface area contributed by atoms with Crippen molar-refractivity contribution in [3.05, 3.63) is 0 Å². The Morgan fingerprint density at radius 2 is 1.71 bits per heavy atom. The van der Waals surface area contributed by atoms with Crippen LogP contribution >= 0.6 is 12.2 Å². The van der Waals surface area contributed by atoms with Gasteiger partial charge < -0.3 is 15.3 Å². The van der Waals surface area contributed by atoms with E-state index in [9.17, 15) is 10.2 Å². The standard InChI is InChI=1S/C10H20O3S/c1-7(2)4-3-5-8(11)10(13)9(12)6-14/h6-13H,3-5H2,1-2H3/t8-,9+,10-/m1/s1. The minimum Gasteiger partial charge on any atom is -0.390 e. The average Bonchev–Trinajstić information content (AvgIpc) is 2.14. The SMILES string of the molecule is CC(C)CCC[C@@H](O)[C@@H](O)[C@@H](O)C=S. The van der Waals surface area contributed by atoms with Gasteiger partial charge >= 0.3 is 0 Å². The molecule has 0 aliphatic heterocycles. The summed E-state index contributed by atoms with van der Waals surface area (Å²) in [5.41, 5.74) is 0. The summed E-state index contributed by atoms with van der Waals surface area (Å²) in [4.78, 5) is 0. The molecule has 3 atom stereocenters. The Labute approximate surface area is 90.8 Å². The molecule has 0 fully saturated rings. The lowest BCUT2D eigenvalue weighted by Crippen LogP contribution is -2.37. The zero-order chi connectivity index (χ0) is 11.1. The fraction of sp³-hybridized carbons (Fsp3) is 0.900. The minimum atomic E-state index is -1.15. The van der Waals surface area contributed by atoms with Gasteiger partial charge in [-0.25, -0.2) is 0 Å². The molecular formula is C10H20O3S. The molecule has 0 unspecified atom stereocenters. The first-order chi connectivity index (χ1) is 6.49. The normalized spacial score (nSPS) is 17.9. The maximum atomic E-state index is 9.46. The molecule has 0 aromatic rings. The summed E-state index contributed by atoms with van der Waals surface area (Å²) in [5, 5.41) is 29.0. The first-order valence-electron chi connectivity index (χ1n) is 4.98. The summed E-state index contributed by atoms with van der Waals surface area (Å²) < 4.78 is 0. The maximum Gasteiger partial charge on any atom is 0.111 e. The molecule has 0 saturated carbocycles. The van der Waals surface area contributed by atoms with Crippen LogP contribution in [0.4, 0.5) is 0 Å². The molecule has 0 heterocycles. The lowest BCUT2D eigenvalue weighted by molar-refractivity contribution is -0.0362. The van der Waals surface area contributed by atoms with Crippen LogP contribution in [-0.4, -0.2) is 39.0 Å². The van der Waals surface area contributed by atoms with Gasteiger partial charge in [-0.05, 0) is 12.3 Å². The van der Waals surface area contributed by atoms with Crippen LogP contribution in [0.25, 0.3) is 0 Å². The first-order valence-corrected chi connectivity index (χ1v) is 5.45. The average molecular weight is 220 g/mol. The molecule has 0 amide bonds. The third kappa shape index (κ3) is 5.65. The molecule has 0 rings (SSSR count). The lowest BCUT2D eigenvalue weighted by atomic mass is 10.00. The van der Waals surface area contributed by atoms with E-state index in [1.807, 2.05) is 0 Å². The Bertz CT molecular complexity index is 161. The van der Waals surface area contributed by atoms with E-state index < -0.39 is 18.3 Å². The van der Waals surface area contributed by atoms with Crippen LogP contribution in [0.15, 0.2) is 0 Å². The van der Waals surface area contributed by atoms with Crippen LogP contribution < -0.4 is 0 Å². The van der Waals surface area contributed by atoms with Gasteiger partial charge in [0.25, 0.3) is 0 Å². The molecule has 4 heteroatoms. The number of hydrogen-bond acceptors (Lipinski definition) is 4. The van der Waals surface area contributed by atoms with Gasteiger partial charge in [0, 0.05) is 5.37 Å². The molecule has 0 aromatic heterocycles. The fourth-order valence-electron chi connectivity index (χ4n) is 1.21. The smallest absolute Gasteiger partial charge is 0.111 e. The molecule has 0 radical (unpaired) electrons. The van der Waals surface area contributed by atoms with Crippen molar-refractivity contribution in [2.75, 3.05) is 0 Å². The molecule has 84 valence electrons. The van der Waals surface area contributed by atoms with E-state index in [1.54, 1.807) is 0 Å². The summed E-state index contributed by atoms with van der Waals surface area (Å²) in [6.07, 6.45) is -0.793. The predicted octanol–water partition coefficient (Wildman–Crippen LogP) is 0.895. The number of aliphatic hydroxyl groups is 3. The van der Waals surface area contributed by atoms with E-state index in [0.717, 1.165) is 18.2 Å². The lowest BCUT2D eigenvalue weighted by Gasteiger charge is -2.20. The van der Waals surface area contributed by atoms with E-state index in [4.69, 9.17) is 5.11 Å². The second-order valence-electron chi connectivity index (χ2n) is 4.01. The van der Waals surface area contributed by atoms with Crippen LogP contribution in [0, 0.1) is 5.92 Å². The van der Waals surface area contributed by atoms with Crippen LogP contribution in [0.2, 0.25) is 0 Å². The van der Waals surface area contributed by atoms with Gasteiger partial charge in [-0.3, -0.25) is 0 Å². The molecule has 0 bridgehead atoms. The van der Waals surface area contributed by atoms with Gasteiger partial charge in [0.15, 0.2) is 0 Å². The Hall–Kier alpha value is -0.0300. The zero-order valence-corrected chi connectivity index (χ0v) is 9.57. The van der Waals surface area contributed by atoms with Gasteiger partial charge in [0.2, 0.25) is 0 Å². The van der Waals surface area contributed by atoms with Gasteiger partial charge in [0.1, 0.15) is 12.2 Å². The van der Waals surface area contributed by atoms with Crippen LogP contribution in [0.1, 0.15) is 33.1 Å². The summed E-state index contributed by atoms with van der Waals surface area (Å²) in [7, 11) is 0. The summed E-state index contributed by atoms with van der Waals surface area (Å²) in [5.74, 6) is 0.592. The van der Waals surface area contributed by atoms with E-state index in [-0.39, 0.29) is 0 Å². The second kappa shape index (κ2) is 7.29. The van der Waals surface area contributed by atoms with E-state index in [1.165, 1.54) is 0 Å². The van der Waals surface area contributed by atoms with Gasteiger partial charge in [-0.2, -0.15) is 0 Å². The predicted molar refractivity (Wildman–Crippen MR) is 60.4 cm³/mol. The molecule has 3 N–H and O–H groups in total. The Kier molecular flexibility index (Phi) is 7.27. The largest absolute Gasteiger partial charge is 0.390 e. The first kappa shape index (κ1) is 14.0. The van der Waals surface area contributed by atoms with Crippen LogP contribution in [-0.2, 0) is 0 Å². The molecule has 0 aliphatic carbocycles. The Balaban J connectivity index is 3.72. The fourth-order valence-corrected chi connectivity index (χ4v) is 1.38. The molecular weight excluding hydrogens is 200 g/mol. The Morgan fingerprint density at radius 3 is 2.14 bits per heavy atom. The maximum absolute atomic E-state index is 9.46. The van der Waals surface area contributed by atoms with Crippen molar-refractivity contribution in [1.29, 1.82) is 0 Å². The van der Waals surface area contributed by atoms with Crippen molar-refractivity contribution in [3.8, 4) is 0 Å². The van der Waals surface area contributed by atoms with Crippen molar-refractivity contribution in [1.82, 2.24) is 0 Å². The van der Waals surface area contributed by atoms with Gasteiger partial charge in [0.05, 0.1) is 6.10 Å². The molecule has 3 nitrogen and oxygen atoms in total. The quantitative estimate of drug-likeness (QED) is 0.558. The highest BCUT2D eigenvalue weighted by Crippen LogP contribution is 2.11. The van der Waals surface area contributed by atoms with Crippen molar-refractivity contribution >= 4 is 17.6 Å². The number of hydrogen-bond donors (Lipinski definition) is 3. The molecule has 0 saturated heterocycles. The van der Waals surface area contributed by atoms with Crippen molar-refractivity contribution in [2.45, 2.75) is 51.4 Å². The van der Waals surface area contributed by atoms with Gasteiger partial charge in [-0.15, -0.1) is 0 Å². The third-order valence-electron chi connectivity index (χ3n) is 2.16. The van der Waals surface area contributed by atoms with Crippen LogP contribution in [0.3, 0.4) is 0 Å². The van der Waals surface area contributed by atoms with E-state index in [2.05, 4.69) is 26.1 Å². The third-order valence-corrected chi connectivity index (χ3v) is 2.44. The number of rotatable bonds is 7. The minimum absolute atomic E-state index is 0.500. The van der Waals surface area contributed by atoms with E-state index in [0.29, 0.717) is 12.3 Å². The van der Waals surface area contributed by atoms with E-state index >= 15 is 0 Å². The van der Waals surface area contributed by atoms with Gasteiger partial charge in [-0.1, -0.05) is 38.9 Å². The highest BCUT2D eigenvalue weighted by molar-refractivity contribution is 7.79. The highest BCUT2D eigenvalue weighted by Gasteiger charge is 2.22. The summed E-state index contributed by atoms with van der Waals surface area (Å²) >= 11 is 4.48. The zero-order valence-electron chi connectivity index (χ0n) is 8.76. The molecule has 0 aliphatic rings. The number of aliphatic hydroxyl groups excluding tert-OH is 3.